The Morgan fingerprint density at radius 1 is 1.63 bits per heavy atom. The van der Waals surface area contributed by atoms with Crippen molar-refractivity contribution >= 4 is 5.82 Å². The topological polar surface area (TPSA) is 84.2 Å². The van der Waals surface area contributed by atoms with Gasteiger partial charge in [-0.2, -0.15) is 0 Å². The number of piperidine rings is 1. The molecule has 0 bridgehead atoms. The van der Waals surface area contributed by atoms with Crippen LogP contribution in [-0.4, -0.2) is 36.2 Å². The average molecular weight is 266 g/mol. The zero-order valence-electron chi connectivity index (χ0n) is 11.6. The van der Waals surface area contributed by atoms with Gasteiger partial charge < -0.3 is 20.4 Å². The molecule has 19 heavy (non-hydrogen) atoms. The van der Waals surface area contributed by atoms with E-state index in [4.69, 9.17) is 10.5 Å². The van der Waals surface area contributed by atoms with Gasteiger partial charge in [0, 0.05) is 19.1 Å². The highest BCUT2D eigenvalue weighted by molar-refractivity contribution is 5.52. The van der Waals surface area contributed by atoms with Crippen LogP contribution < -0.4 is 20.9 Å². The van der Waals surface area contributed by atoms with Crippen LogP contribution in [0.2, 0.25) is 0 Å². The third-order valence-electron chi connectivity index (χ3n) is 3.94. The predicted molar refractivity (Wildman–Crippen MR) is 74.6 cm³/mol. The van der Waals surface area contributed by atoms with Gasteiger partial charge in [0.25, 0.3) is 5.56 Å². The molecular formula is C13H22N4O2. The first kappa shape index (κ1) is 13.9. The highest BCUT2D eigenvalue weighted by Crippen LogP contribution is 2.31. The molecule has 1 aromatic heterocycles. The number of anilines is 1. The van der Waals surface area contributed by atoms with E-state index in [1.165, 1.54) is 19.9 Å². The van der Waals surface area contributed by atoms with Crippen LogP contribution in [0.4, 0.5) is 5.82 Å². The fourth-order valence-electron chi connectivity index (χ4n) is 2.77. The molecular weight excluding hydrogens is 244 g/mol. The Kier molecular flexibility index (Phi) is 4.42. The Balaban J connectivity index is 2.30. The number of methoxy groups -OCH3 is 1. The zero-order valence-corrected chi connectivity index (χ0v) is 11.6. The molecule has 3 N–H and O–H groups in total. The van der Waals surface area contributed by atoms with Gasteiger partial charge in [-0.25, -0.2) is 4.98 Å². The number of nitrogens with two attached hydrogens (primary N) is 1. The number of ether oxygens (including phenoxy) is 1. The zero-order chi connectivity index (χ0) is 13.8. The van der Waals surface area contributed by atoms with E-state index in [1.807, 2.05) is 0 Å². The summed E-state index contributed by atoms with van der Waals surface area (Å²) < 4.78 is 5.19. The molecule has 0 amide bonds. The first-order chi connectivity index (χ1) is 9.21. The highest BCUT2D eigenvalue weighted by Gasteiger charge is 2.30. The summed E-state index contributed by atoms with van der Waals surface area (Å²) in [4.78, 5) is 20.7. The second-order valence-electron chi connectivity index (χ2n) is 4.97. The monoisotopic (exact) mass is 266 g/mol. The first-order valence-electron chi connectivity index (χ1n) is 6.79. The van der Waals surface area contributed by atoms with Gasteiger partial charge in [0.05, 0.1) is 13.4 Å². The molecule has 106 valence electrons. The highest BCUT2D eigenvalue weighted by atomic mass is 16.5. The Labute approximate surface area is 113 Å². The van der Waals surface area contributed by atoms with Gasteiger partial charge in [-0.05, 0) is 18.8 Å². The van der Waals surface area contributed by atoms with Gasteiger partial charge >= 0.3 is 0 Å². The fourth-order valence-corrected chi connectivity index (χ4v) is 2.77. The second kappa shape index (κ2) is 6.06. The van der Waals surface area contributed by atoms with Crippen LogP contribution in [0.15, 0.2) is 11.1 Å². The summed E-state index contributed by atoms with van der Waals surface area (Å²) in [7, 11) is 1.49. The minimum absolute atomic E-state index is 0.224. The molecule has 1 aliphatic rings. The van der Waals surface area contributed by atoms with Gasteiger partial charge in [0.2, 0.25) is 5.75 Å². The molecule has 0 saturated carbocycles. The van der Waals surface area contributed by atoms with Crippen LogP contribution in [0.5, 0.6) is 5.75 Å². The SMILES string of the molecule is CCC1CCN(c2nc[nH]c(=O)c2OC)C(CN)C1. The van der Waals surface area contributed by atoms with E-state index in [0.717, 1.165) is 19.4 Å². The van der Waals surface area contributed by atoms with Crippen LogP contribution in [0, 0.1) is 5.92 Å². The molecule has 2 atom stereocenters. The molecule has 0 aromatic carbocycles. The number of nitrogens with zero attached hydrogens (tertiary/aromatic N) is 2. The third kappa shape index (κ3) is 2.73. The van der Waals surface area contributed by atoms with E-state index in [2.05, 4.69) is 21.8 Å². The van der Waals surface area contributed by atoms with Gasteiger partial charge in [-0.15, -0.1) is 0 Å². The molecule has 2 unspecified atom stereocenters. The first-order valence-corrected chi connectivity index (χ1v) is 6.79. The van der Waals surface area contributed by atoms with E-state index >= 15 is 0 Å². The van der Waals surface area contributed by atoms with Crippen molar-refractivity contribution < 1.29 is 4.74 Å². The van der Waals surface area contributed by atoms with Crippen molar-refractivity contribution in [1.29, 1.82) is 0 Å². The molecule has 1 aliphatic heterocycles. The lowest BCUT2D eigenvalue weighted by molar-refractivity contribution is 0.329. The van der Waals surface area contributed by atoms with Crippen LogP contribution in [0.25, 0.3) is 0 Å². The van der Waals surface area contributed by atoms with Crippen LogP contribution in [0.1, 0.15) is 26.2 Å². The smallest absolute Gasteiger partial charge is 0.295 e. The van der Waals surface area contributed by atoms with E-state index in [1.54, 1.807) is 0 Å². The number of aromatic amines is 1. The lowest BCUT2D eigenvalue weighted by Crippen LogP contribution is -2.47. The maximum Gasteiger partial charge on any atom is 0.295 e. The lowest BCUT2D eigenvalue weighted by atomic mass is 9.89. The van der Waals surface area contributed by atoms with Gasteiger partial charge in [0.15, 0.2) is 5.82 Å². The lowest BCUT2D eigenvalue weighted by Gasteiger charge is -2.39. The maximum atomic E-state index is 11.8. The summed E-state index contributed by atoms with van der Waals surface area (Å²) in [5.74, 6) is 1.59. The van der Waals surface area contributed by atoms with Crippen LogP contribution in [0.3, 0.4) is 0 Å². The minimum atomic E-state index is -0.249. The summed E-state index contributed by atoms with van der Waals surface area (Å²) in [5, 5.41) is 0. The summed E-state index contributed by atoms with van der Waals surface area (Å²) >= 11 is 0. The molecule has 2 heterocycles. The van der Waals surface area contributed by atoms with Crippen molar-refractivity contribution in [2.24, 2.45) is 11.7 Å². The molecule has 0 spiro atoms. The summed E-state index contributed by atoms with van der Waals surface area (Å²) in [5.41, 5.74) is 5.63. The number of nitrogens with one attached hydrogen (secondary N) is 1. The standard InChI is InChI=1S/C13H22N4O2/c1-3-9-4-5-17(10(6-9)7-14)12-11(19-2)13(18)16-8-15-12/h8-10H,3-7,14H2,1-2H3,(H,15,16,18). The quantitative estimate of drug-likeness (QED) is 0.839. The summed E-state index contributed by atoms with van der Waals surface area (Å²) in [6, 6.07) is 0.224. The molecule has 1 aromatic rings. The summed E-state index contributed by atoms with van der Waals surface area (Å²) in [6.07, 6.45) is 4.74. The number of H-pyrrole nitrogens is 1. The molecule has 1 saturated heterocycles. The molecule has 0 aliphatic carbocycles. The van der Waals surface area contributed by atoms with Gasteiger partial charge in [0.1, 0.15) is 0 Å². The maximum absolute atomic E-state index is 11.8. The molecule has 0 radical (unpaired) electrons. The second-order valence-corrected chi connectivity index (χ2v) is 4.97. The van der Waals surface area contributed by atoms with Crippen LogP contribution in [-0.2, 0) is 0 Å². The Hall–Kier alpha value is -1.56. The van der Waals surface area contributed by atoms with Gasteiger partial charge in [-0.1, -0.05) is 13.3 Å². The Morgan fingerprint density at radius 3 is 3.05 bits per heavy atom. The Bertz CT molecular complexity index is 474. The normalized spacial score (nSPS) is 23.4. The predicted octanol–water partition coefficient (Wildman–Crippen LogP) is 0.732. The van der Waals surface area contributed by atoms with Crippen molar-refractivity contribution in [3.63, 3.8) is 0 Å². The molecule has 2 rings (SSSR count). The van der Waals surface area contributed by atoms with E-state index in [0.29, 0.717) is 18.3 Å². The molecule has 1 fully saturated rings. The summed E-state index contributed by atoms with van der Waals surface area (Å²) in [6.45, 7) is 3.64. The average Bonchev–Trinajstić information content (AvgIpc) is 2.46. The van der Waals surface area contributed by atoms with Crippen molar-refractivity contribution in [2.75, 3.05) is 25.1 Å². The van der Waals surface area contributed by atoms with Crippen molar-refractivity contribution in [3.05, 3.63) is 16.7 Å². The number of rotatable bonds is 4. The Morgan fingerprint density at radius 2 is 2.42 bits per heavy atom. The minimum Gasteiger partial charge on any atom is -0.489 e. The largest absolute Gasteiger partial charge is 0.489 e. The molecule has 6 heteroatoms. The van der Waals surface area contributed by atoms with Crippen LogP contribution >= 0.6 is 0 Å². The van der Waals surface area contributed by atoms with E-state index in [-0.39, 0.29) is 17.4 Å². The third-order valence-corrected chi connectivity index (χ3v) is 3.94. The van der Waals surface area contributed by atoms with Crippen molar-refractivity contribution in [2.45, 2.75) is 32.2 Å². The number of hydrogen-bond donors (Lipinski definition) is 2. The fraction of sp³-hybridized carbons (Fsp3) is 0.692. The molecule has 6 nitrogen and oxygen atoms in total. The van der Waals surface area contributed by atoms with E-state index in [9.17, 15) is 4.79 Å². The van der Waals surface area contributed by atoms with Crippen molar-refractivity contribution in [3.8, 4) is 5.75 Å². The van der Waals surface area contributed by atoms with Gasteiger partial charge in [-0.3, -0.25) is 4.79 Å². The number of aromatic nitrogens is 2. The number of hydrogen-bond acceptors (Lipinski definition) is 5. The van der Waals surface area contributed by atoms with Crippen molar-refractivity contribution in [1.82, 2.24) is 9.97 Å². The van der Waals surface area contributed by atoms with E-state index < -0.39 is 0 Å².